The Morgan fingerprint density at radius 1 is 1.53 bits per heavy atom. The van der Waals surface area contributed by atoms with Gasteiger partial charge in [0.15, 0.2) is 0 Å². The molecule has 1 saturated heterocycles. The van der Waals surface area contributed by atoms with E-state index in [2.05, 4.69) is 5.32 Å². The molecule has 1 amide bonds. The van der Waals surface area contributed by atoms with Crippen molar-refractivity contribution in [2.75, 3.05) is 25.5 Å². The molecule has 1 atom stereocenters. The average Bonchev–Trinajstić information content (AvgIpc) is 2.37. The van der Waals surface area contributed by atoms with Crippen molar-refractivity contribution in [2.45, 2.75) is 12.8 Å². The molecule has 4 nitrogen and oxygen atoms in total. The van der Waals surface area contributed by atoms with Crippen molar-refractivity contribution >= 4 is 35.6 Å². The summed E-state index contributed by atoms with van der Waals surface area (Å²) in [6.07, 6.45) is 2.15. The molecule has 106 valence electrons. The van der Waals surface area contributed by atoms with Crippen LogP contribution in [0.2, 0.25) is 5.02 Å². The van der Waals surface area contributed by atoms with Gasteiger partial charge in [-0.3, -0.25) is 4.79 Å². The summed E-state index contributed by atoms with van der Waals surface area (Å²) < 4.78 is 5.37. The Morgan fingerprint density at radius 3 is 2.95 bits per heavy atom. The lowest BCUT2D eigenvalue weighted by molar-refractivity contribution is 0.0536. The Labute approximate surface area is 124 Å². The summed E-state index contributed by atoms with van der Waals surface area (Å²) in [7, 11) is 0. The van der Waals surface area contributed by atoms with Crippen LogP contribution in [0, 0.1) is 5.92 Å². The van der Waals surface area contributed by atoms with Crippen LogP contribution in [0.5, 0.6) is 0 Å². The van der Waals surface area contributed by atoms with Crippen molar-refractivity contribution in [3.63, 3.8) is 0 Å². The number of anilines is 1. The quantitative estimate of drug-likeness (QED) is 0.843. The number of nitrogen functional groups attached to an aromatic ring is 1. The van der Waals surface area contributed by atoms with Gasteiger partial charge < -0.3 is 15.8 Å². The van der Waals surface area contributed by atoms with Crippen LogP contribution in [0.15, 0.2) is 18.2 Å². The number of nitrogens with one attached hydrogen (secondary N) is 1. The Kier molecular flexibility index (Phi) is 6.42. The summed E-state index contributed by atoms with van der Waals surface area (Å²) in [5.74, 6) is 0.237. The number of hydrogen-bond donors (Lipinski definition) is 2. The molecule has 1 heterocycles. The van der Waals surface area contributed by atoms with Crippen LogP contribution < -0.4 is 11.1 Å². The van der Waals surface area contributed by atoms with Crippen molar-refractivity contribution < 1.29 is 9.53 Å². The fourth-order valence-corrected chi connectivity index (χ4v) is 2.29. The normalized spacial score (nSPS) is 18.5. The molecular formula is C13H18Cl2N2O2. The lowest BCUT2D eigenvalue weighted by Gasteiger charge is -2.22. The number of benzene rings is 1. The van der Waals surface area contributed by atoms with Gasteiger partial charge in [-0.1, -0.05) is 11.6 Å². The van der Waals surface area contributed by atoms with Gasteiger partial charge in [-0.05, 0) is 37.0 Å². The maximum Gasteiger partial charge on any atom is 0.252 e. The summed E-state index contributed by atoms with van der Waals surface area (Å²) in [4.78, 5) is 11.9. The van der Waals surface area contributed by atoms with Crippen LogP contribution in [0.1, 0.15) is 23.2 Å². The summed E-state index contributed by atoms with van der Waals surface area (Å²) in [6.45, 7) is 2.17. The summed E-state index contributed by atoms with van der Waals surface area (Å²) in [5, 5.41) is 3.27. The van der Waals surface area contributed by atoms with Crippen molar-refractivity contribution in [2.24, 2.45) is 5.92 Å². The van der Waals surface area contributed by atoms with E-state index in [0.717, 1.165) is 26.1 Å². The maximum absolute atomic E-state index is 11.9. The number of halogens is 2. The molecule has 0 bridgehead atoms. The molecule has 0 saturated carbocycles. The predicted octanol–water partition coefficient (Wildman–Crippen LogP) is 2.50. The Balaban J connectivity index is 0.00000180. The van der Waals surface area contributed by atoms with E-state index >= 15 is 0 Å². The molecule has 6 heteroatoms. The van der Waals surface area contributed by atoms with E-state index in [1.54, 1.807) is 18.2 Å². The molecule has 0 spiro atoms. The van der Waals surface area contributed by atoms with E-state index in [9.17, 15) is 4.79 Å². The first-order valence-corrected chi connectivity index (χ1v) is 6.45. The van der Waals surface area contributed by atoms with Crippen molar-refractivity contribution in [3.05, 3.63) is 28.8 Å². The topological polar surface area (TPSA) is 64.4 Å². The van der Waals surface area contributed by atoms with Gasteiger partial charge in [0.2, 0.25) is 0 Å². The predicted molar refractivity (Wildman–Crippen MR) is 79.0 cm³/mol. The van der Waals surface area contributed by atoms with Gasteiger partial charge in [0.1, 0.15) is 0 Å². The summed E-state index contributed by atoms with van der Waals surface area (Å²) >= 11 is 5.98. The smallest absolute Gasteiger partial charge is 0.252 e. The molecule has 1 aliphatic heterocycles. The highest BCUT2D eigenvalue weighted by atomic mass is 35.5. The first-order chi connectivity index (χ1) is 8.66. The lowest BCUT2D eigenvalue weighted by atomic mass is 10.0. The van der Waals surface area contributed by atoms with E-state index in [-0.39, 0.29) is 18.3 Å². The number of nitrogens with two attached hydrogens (primary N) is 1. The SMILES string of the molecule is Cl.Nc1ccc(C(=O)NCC2CCCOC2)c(Cl)c1. The molecule has 1 aromatic carbocycles. The van der Waals surface area contributed by atoms with Crippen LogP contribution in [-0.2, 0) is 4.74 Å². The second kappa shape index (κ2) is 7.58. The standard InChI is InChI=1S/C13H17ClN2O2.ClH/c14-12-6-10(15)3-4-11(12)13(17)16-7-9-2-1-5-18-8-9;/h3-4,6,9H,1-2,5,7-8,15H2,(H,16,17);1H. The molecule has 0 aromatic heterocycles. The number of carbonyl (C=O) groups is 1. The highest BCUT2D eigenvalue weighted by Gasteiger charge is 2.16. The van der Waals surface area contributed by atoms with Crippen molar-refractivity contribution in [1.82, 2.24) is 5.32 Å². The van der Waals surface area contributed by atoms with Crippen LogP contribution in [-0.4, -0.2) is 25.7 Å². The fourth-order valence-electron chi connectivity index (χ4n) is 2.02. The molecule has 1 unspecified atom stereocenters. The van der Waals surface area contributed by atoms with Gasteiger partial charge in [-0.2, -0.15) is 0 Å². The zero-order valence-corrected chi connectivity index (χ0v) is 12.1. The van der Waals surface area contributed by atoms with Crippen LogP contribution >= 0.6 is 24.0 Å². The Morgan fingerprint density at radius 2 is 2.32 bits per heavy atom. The summed E-state index contributed by atoms with van der Waals surface area (Å²) in [5.41, 5.74) is 6.60. The Hall–Kier alpha value is -0.970. The number of rotatable bonds is 3. The first-order valence-electron chi connectivity index (χ1n) is 6.08. The second-order valence-electron chi connectivity index (χ2n) is 4.53. The Bertz CT molecular complexity index is 435. The minimum Gasteiger partial charge on any atom is -0.399 e. The molecule has 2 rings (SSSR count). The van der Waals surface area contributed by atoms with Crippen LogP contribution in [0.4, 0.5) is 5.69 Å². The maximum atomic E-state index is 11.9. The van der Waals surface area contributed by atoms with Gasteiger partial charge in [0.05, 0.1) is 17.2 Å². The molecule has 1 aromatic rings. The van der Waals surface area contributed by atoms with E-state index in [0.29, 0.717) is 28.7 Å². The third-order valence-electron chi connectivity index (χ3n) is 3.04. The van der Waals surface area contributed by atoms with E-state index in [4.69, 9.17) is 22.1 Å². The third-order valence-corrected chi connectivity index (χ3v) is 3.36. The summed E-state index contributed by atoms with van der Waals surface area (Å²) in [6, 6.07) is 4.90. The number of hydrogen-bond acceptors (Lipinski definition) is 3. The first kappa shape index (κ1) is 16.1. The van der Waals surface area contributed by atoms with Gasteiger partial charge in [0.25, 0.3) is 5.91 Å². The fraction of sp³-hybridized carbons (Fsp3) is 0.462. The molecule has 3 N–H and O–H groups in total. The zero-order chi connectivity index (χ0) is 13.0. The number of ether oxygens (including phenoxy) is 1. The number of carbonyl (C=O) groups excluding carboxylic acids is 1. The zero-order valence-electron chi connectivity index (χ0n) is 10.5. The lowest BCUT2D eigenvalue weighted by Crippen LogP contribution is -2.33. The van der Waals surface area contributed by atoms with E-state index in [1.165, 1.54) is 0 Å². The molecule has 19 heavy (non-hydrogen) atoms. The molecular weight excluding hydrogens is 287 g/mol. The monoisotopic (exact) mass is 304 g/mol. The highest BCUT2D eigenvalue weighted by Crippen LogP contribution is 2.19. The molecule has 0 aliphatic carbocycles. The second-order valence-corrected chi connectivity index (χ2v) is 4.94. The van der Waals surface area contributed by atoms with Gasteiger partial charge >= 0.3 is 0 Å². The molecule has 1 aliphatic rings. The van der Waals surface area contributed by atoms with Gasteiger partial charge in [-0.15, -0.1) is 12.4 Å². The molecule has 0 radical (unpaired) electrons. The van der Waals surface area contributed by atoms with Gasteiger partial charge in [-0.25, -0.2) is 0 Å². The van der Waals surface area contributed by atoms with Gasteiger partial charge in [0, 0.05) is 18.8 Å². The largest absolute Gasteiger partial charge is 0.399 e. The van der Waals surface area contributed by atoms with Crippen molar-refractivity contribution in [3.8, 4) is 0 Å². The third kappa shape index (κ3) is 4.56. The molecule has 1 fully saturated rings. The van der Waals surface area contributed by atoms with Crippen molar-refractivity contribution in [1.29, 1.82) is 0 Å². The average molecular weight is 305 g/mol. The van der Waals surface area contributed by atoms with E-state index < -0.39 is 0 Å². The van der Waals surface area contributed by atoms with Crippen LogP contribution in [0.3, 0.4) is 0 Å². The van der Waals surface area contributed by atoms with Crippen LogP contribution in [0.25, 0.3) is 0 Å². The minimum absolute atomic E-state index is 0. The minimum atomic E-state index is -0.162. The number of amides is 1. The van der Waals surface area contributed by atoms with E-state index in [1.807, 2.05) is 0 Å². The highest BCUT2D eigenvalue weighted by molar-refractivity contribution is 6.34.